The molecule has 0 spiro atoms. The summed E-state index contributed by atoms with van der Waals surface area (Å²) in [5.41, 5.74) is 5.85. The smallest absolute Gasteiger partial charge is 0.143 e. The summed E-state index contributed by atoms with van der Waals surface area (Å²) in [5, 5.41) is 16.7. The number of aromatic nitrogens is 4. The summed E-state index contributed by atoms with van der Waals surface area (Å²) < 4.78 is 1.57. The van der Waals surface area contributed by atoms with Crippen molar-refractivity contribution < 1.29 is 0 Å². The lowest BCUT2D eigenvalue weighted by Crippen LogP contribution is -2.02. The van der Waals surface area contributed by atoms with E-state index in [1.54, 1.807) is 16.8 Å². The number of benzene rings is 2. The largest absolute Gasteiger partial charge is 0.275 e. The number of tetrazole rings is 1. The van der Waals surface area contributed by atoms with Gasteiger partial charge in [0, 0.05) is 5.02 Å². The maximum absolute atomic E-state index is 6.13. The molecule has 9 heteroatoms. The van der Waals surface area contributed by atoms with Crippen molar-refractivity contribution in [3.8, 4) is 5.69 Å². The Labute approximate surface area is 153 Å². The molecule has 0 amide bonds. The molecule has 3 rings (SSSR count). The molecule has 0 aliphatic rings. The molecule has 0 fully saturated rings. The lowest BCUT2D eigenvalue weighted by Gasteiger charge is -2.09. The van der Waals surface area contributed by atoms with Crippen LogP contribution in [0, 0.1) is 0 Å². The van der Waals surface area contributed by atoms with Crippen LogP contribution in [0.15, 0.2) is 47.8 Å². The third-order valence-corrected chi connectivity index (χ3v) is 4.03. The molecule has 1 aromatic heterocycles. The van der Waals surface area contributed by atoms with Crippen LogP contribution < -0.4 is 5.43 Å². The normalized spacial score (nSPS) is 11.6. The molecule has 0 aliphatic heterocycles. The summed E-state index contributed by atoms with van der Waals surface area (Å²) in [6.07, 6.45) is 1.52. The first-order valence-electron chi connectivity index (χ1n) is 6.83. The van der Waals surface area contributed by atoms with E-state index in [0.29, 0.717) is 20.8 Å². The number of rotatable bonds is 4. The van der Waals surface area contributed by atoms with Crippen molar-refractivity contribution >= 4 is 46.2 Å². The van der Waals surface area contributed by atoms with Crippen molar-refractivity contribution in [1.82, 2.24) is 20.2 Å². The fourth-order valence-electron chi connectivity index (χ4n) is 2.01. The zero-order valence-corrected chi connectivity index (χ0v) is 14.7. The Kier molecular flexibility index (Phi) is 4.99. The Bertz CT molecular complexity index is 869. The van der Waals surface area contributed by atoms with Crippen molar-refractivity contribution in [2.75, 3.05) is 5.43 Å². The van der Waals surface area contributed by atoms with Gasteiger partial charge in [0.15, 0.2) is 0 Å². The van der Waals surface area contributed by atoms with Gasteiger partial charge in [0.05, 0.1) is 27.1 Å². The van der Waals surface area contributed by atoms with Crippen LogP contribution in [0.25, 0.3) is 5.69 Å². The van der Waals surface area contributed by atoms with E-state index < -0.39 is 0 Å². The lowest BCUT2D eigenvalue weighted by atomic mass is 10.1. The first-order chi connectivity index (χ1) is 11.5. The summed E-state index contributed by atoms with van der Waals surface area (Å²) in [4.78, 5) is 0. The molecule has 0 radical (unpaired) electrons. The lowest BCUT2D eigenvalue weighted by molar-refractivity contribution is 0.789. The summed E-state index contributed by atoms with van der Waals surface area (Å²) >= 11 is 18.2. The minimum absolute atomic E-state index is 0.395. The van der Waals surface area contributed by atoms with E-state index in [1.807, 2.05) is 31.2 Å². The molecule has 1 N–H and O–H groups in total. The first-order valence-corrected chi connectivity index (χ1v) is 7.96. The molecule has 0 bridgehead atoms. The average Bonchev–Trinajstić information content (AvgIpc) is 3.08. The van der Waals surface area contributed by atoms with Gasteiger partial charge in [-0.05, 0) is 47.2 Å². The zero-order valence-electron chi connectivity index (χ0n) is 12.4. The van der Waals surface area contributed by atoms with E-state index in [-0.39, 0.29) is 0 Å². The Morgan fingerprint density at radius 2 is 1.88 bits per heavy atom. The van der Waals surface area contributed by atoms with Gasteiger partial charge in [0.2, 0.25) is 0 Å². The van der Waals surface area contributed by atoms with Gasteiger partial charge in [-0.1, -0.05) is 46.9 Å². The molecule has 0 saturated carbocycles. The molecule has 6 nitrogen and oxygen atoms in total. The molecular weight excluding hydrogens is 371 g/mol. The standard InChI is InChI=1S/C15H11Cl3N6/c1-9(20-21-15-13(17)6-11(16)7-14(15)18)10-3-2-4-12(5-10)24-8-19-22-23-24/h2-8,21H,1H3. The quantitative estimate of drug-likeness (QED) is 0.535. The van der Waals surface area contributed by atoms with E-state index in [0.717, 1.165) is 17.0 Å². The summed E-state index contributed by atoms with van der Waals surface area (Å²) in [7, 11) is 0. The predicted octanol–water partition coefficient (Wildman–Crippen LogP) is 4.46. The van der Waals surface area contributed by atoms with Crippen molar-refractivity contribution in [3.05, 3.63) is 63.4 Å². The van der Waals surface area contributed by atoms with Crippen LogP contribution in [0.2, 0.25) is 15.1 Å². The molecular formula is C15H11Cl3N6. The predicted molar refractivity (Wildman–Crippen MR) is 96.5 cm³/mol. The Balaban J connectivity index is 1.86. The van der Waals surface area contributed by atoms with Gasteiger partial charge in [-0.2, -0.15) is 5.10 Å². The van der Waals surface area contributed by atoms with Crippen molar-refractivity contribution in [3.63, 3.8) is 0 Å². The fraction of sp³-hybridized carbons (Fsp3) is 0.0667. The number of hydrazone groups is 1. The number of nitrogens with one attached hydrogen (secondary N) is 1. The van der Waals surface area contributed by atoms with Gasteiger partial charge in [-0.15, -0.1) is 5.10 Å². The third-order valence-electron chi connectivity index (χ3n) is 3.22. The Morgan fingerprint density at radius 3 is 2.54 bits per heavy atom. The van der Waals surface area contributed by atoms with Crippen LogP contribution in [0.3, 0.4) is 0 Å². The molecule has 0 atom stereocenters. The second kappa shape index (κ2) is 7.17. The molecule has 3 aromatic rings. The summed E-state index contributed by atoms with van der Waals surface area (Å²) in [5.74, 6) is 0. The number of halogens is 3. The second-order valence-electron chi connectivity index (χ2n) is 4.86. The third kappa shape index (κ3) is 3.67. The minimum Gasteiger partial charge on any atom is -0.275 e. The highest BCUT2D eigenvalue weighted by molar-refractivity contribution is 6.41. The Hall–Kier alpha value is -2.15. The topological polar surface area (TPSA) is 68.0 Å². The van der Waals surface area contributed by atoms with Gasteiger partial charge in [-0.25, -0.2) is 4.68 Å². The van der Waals surface area contributed by atoms with Crippen LogP contribution in [-0.4, -0.2) is 25.9 Å². The number of anilines is 1. The SMILES string of the molecule is CC(=NNc1c(Cl)cc(Cl)cc1Cl)c1cccc(-n2cnnn2)c1. The van der Waals surface area contributed by atoms with Crippen molar-refractivity contribution in [2.45, 2.75) is 6.92 Å². The minimum atomic E-state index is 0.395. The van der Waals surface area contributed by atoms with Crippen LogP contribution in [-0.2, 0) is 0 Å². The fourth-order valence-corrected chi connectivity index (χ4v) is 2.91. The van der Waals surface area contributed by atoms with Crippen molar-refractivity contribution in [1.29, 1.82) is 0 Å². The Morgan fingerprint density at radius 1 is 1.12 bits per heavy atom. The summed E-state index contributed by atoms with van der Waals surface area (Å²) in [6.45, 7) is 1.86. The molecule has 1 heterocycles. The highest BCUT2D eigenvalue weighted by Gasteiger charge is 2.08. The van der Waals surface area contributed by atoms with E-state index in [1.165, 1.54) is 6.33 Å². The van der Waals surface area contributed by atoms with Gasteiger partial charge >= 0.3 is 0 Å². The molecule has 2 aromatic carbocycles. The van der Waals surface area contributed by atoms with Gasteiger partial charge in [-0.3, -0.25) is 5.43 Å². The zero-order chi connectivity index (χ0) is 17.1. The number of nitrogens with zero attached hydrogens (tertiary/aromatic N) is 5. The average molecular weight is 382 g/mol. The maximum atomic E-state index is 6.13. The molecule has 0 aliphatic carbocycles. The van der Waals surface area contributed by atoms with Crippen molar-refractivity contribution in [2.24, 2.45) is 5.10 Å². The van der Waals surface area contributed by atoms with Gasteiger partial charge < -0.3 is 0 Å². The molecule has 0 saturated heterocycles. The van der Waals surface area contributed by atoms with E-state index in [2.05, 4.69) is 26.1 Å². The van der Waals surface area contributed by atoms with Gasteiger partial charge in [0.1, 0.15) is 6.33 Å². The highest BCUT2D eigenvalue weighted by Crippen LogP contribution is 2.33. The van der Waals surface area contributed by atoms with Crippen LogP contribution in [0.4, 0.5) is 5.69 Å². The molecule has 0 unspecified atom stereocenters. The van der Waals surface area contributed by atoms with Crippen LogP contribution >= 0.6 is 34.8 Å². The van der Waals surface area contributed by atoms with E-state index >= 15 is 0 Å². The highest BCUT2D eigenvalue weighted by atomic mass is 35.5. The van der Waals surface area contributed by atoms with E-state index in [9.17, 15) is 0 Å². The number of hydrogen-bond acceptors (Lipinski definition) is 5. The van der Waals surface area contributed by atoms with Crippen LogP contribution in [0.1, 0.15) is 12.5 Å². The van der Waals surface area contributed by atoms with Gasteiger partial charge in [0.25, 0.3) is 0 Å². The second-order valence-corrected chi connectivity index (χ2v) is 6.11. The molecule has 122 valence electrons. The first kappa shape index (κ1) is 16.7. The van der Waals surface area contributed by atoms with E-state index in [4.69, 9.17) is 34.8 Å². The number of hydrogen-bond donors (Lipinski definition) is 1. The maximum Gasteiger partial charge on any atom is 0.143 e. The molecule has 24 heavy (non-hydrogen) atoms. The summed E-state index contributed by atoms with van der Waals surface area (Å²) in [6, 6.07) is 10.8. The van der Waals surface area contributed by atoms with Crippen LogP contribution in [0.5, 0.6) is 0 Å². The monoisotopic (exact) mass is 380 g/mol.